The van der Waals surface area contributed by atoms with Gasteiger partial charge in [-0.2, -0.15) is 0 Å². The largest absolute Gasteiger partial charge is 0.457 e. The van der Waals surface area contributed by atoms with Gasteiger partial charge in [0.2, 0.25) is 0 Å². The Kier molecular flexibility index (Phi) is 20.1. The monoisotopic (exact) mass is 508 g/mol. The highest BCUT2D eigenvalue weighted by Gasteiger charge is 2.29. The van der Waals surface area contributed by atoms with Crippen LogP contribution < -0.4 is 0 Å². The van der Waals surface area contributed by atoms with Gasteiger partial charge in [-0.25, -0.2) is 0 Å². The van der Waals surface area contributed by atoms with E-state index in [0.717, 1.165) is 25.7 Å². The van der Waals surface area contributed by atoms with E-state index in [1.807, 2.05) is 0 Å². The fourth-order valence-electron chi connectivity index (χ4n) is 3.68. The highest BCUT2D eigenvalue weighted by atomic mass is 16.7. The molecule has 0 amide bonds. The third-order valence-electron chi connectivity index (χ3n) is 5.73. The molecule has 0 spiro atoms. The predicted octanol–water partition coefficient (Wildman–Crippen LogP) is 4.91. The van der Waals surface area contributed by atoms with E-state index in [1.54, 1.807) is 0 Å². The zero-order valence-electron chi connectivity index (χ0n) is 22.0. The summed E-state index contributed by atoms with van der Waals surface area (Å²) >= 11 is 0. The molecule has 7 nitrogen and oxygen atoms in total. The first-order valence-corrected chi connectivity index (χ1v) is 13.5. The molecule has 1 saturated heterocycles. The molecule has 1 rings (SSSR count). The van der Waals surface area contributed by atoms with E-state index in [9.17, 15) is 20.1 Å². The first kappa shape index (κ1) is 32.3. The number of esters is 1. The third-order valence-corrected chi connectivity index (χ3v) is 5.73. The van der Waals surface area contributed by atoms with Crippen molar-refractivity contribution in [1.82, 2.24) is 0 Å². The number of hydrogen-bond acceptors (Lipinski definition) is 7. The number of hydrogen-bond donors (Lipinski definition) is 3. The summed E-state index contributed by atoms with van der Waals surface area (Å²) in [5, 5.41) is 28.5. The van der Waals surface area contributed by atoms with Crippen LogP contribution in [0.3, 0.4) is 0 Å². The van der Waals surface area contributed by atoms with Crippen molar-refractivity contribution < 1.29 is 34.3 Å². The average Bonchev–Trinajstić information content (AvgIpc) is 2.87. The number of aliphatic hydroxyl groups excluding tert-OH is 3. The Labute approximate surface area is 217 Å². The number of carbonyl (C=O) groups excluding carboxylic acids is 1. The molecule has 4 atom stereocenters. The second-order valence-corrected chi connectivity index (χ2v) is 9.10. The second kappa shape index (κ2) is 22.4. The van der Waals surface area contributed by atoms with E-state index in [0.29, 0.717) is 12.8 Å². The fourth-order valence-corrected chi connectivity index (χ4v) is 3.68. The summed E-state index contributed by atoms with van der Waals surface area (Å²) < 4.78 is 16.3. The van der Waals surface area contributed by atoms with Gasteiger partial charge in [-0.3, -0.25) is 4.79 Å². The van der Waals surface area contributed by atoms with Crippen LogP contribution in [0, 0.1) is 0 Å². The van der Waals surface area contributed by atoms with Gasteiger partial charge in [0, 0.05) is 19.3 Å². The molecule has 206 valence electrons. The quantitative estimate of drug-likeness (QED) is 0.122. The minimum absolute atomic E-state index is 0.0328. The maximum Gasteiger partial charge on any atom is 0.306 e. The van der Waals surface area contributed by atoms with Gasteiger partial charge in [0.1, 0.15) is 6.10 Å². The molecule has 0 bridgehead atoms. The van der Waals surface area contributed by atoms with Gasteiger partial charge in [0.25, 0.3) is 0 Å². The van der Waals surface area contributed by atoms with Crippen LogP contribution in [0.4, 0.5) is 0 Å². The number of aliphatic hydroxyl groups is 3. The van der Waals surface area contributed by atoms with Crippen LogP contribution >= 0.6 is 0 Å². The molecule has 1 unspecified atom stereocenters. The first-order valence-electron chi connectivity index (χ1n) is 13.5. The number of rotatable bonds is 20. The van der Waals surface area contributed by atoms with Crippen molar-refractivity contribution in [3.8, 4) is 0 Å². The van der Waals surface area contributed by atoms with Crippen LogP contribution in [0.1, 0.15) is 84.0 Å². The maximum absolute atomic E-state index is 12.0. The van der Waals surface area contributed by atoms with Crippen molar-refractivity contribution in [2.24, 2.45) is 0 Å². The van der Waals surface area contributed by atoms with Gasteiger partial charge in [0.05, 0.1) is 32.0 Å². The molecule has 0 radical (unpaired) electrons. The zero-order valence-corrected chi connectivity index (χ0v) is 22.0. The highest BCUT2D eigenvalue weighted by Crippen LogP contribution is 2.20. The maximum atomic E-state index is 12.0. The molecule has 7 heteroatoms. The average molecular weight is 509 g/mol. The summed E-state index contributed by atoms with van der Waals surface area (Å²) in [6, 6.07) is 0. The Morgan fingerprint density at radius 2 is 1.53 bits per heavy atom. The molecule has 0 aromatic heterocycles. The molecule has 1 fully saturated rings. The lowest BCUT2D eigenvalue weighted by Crippen LogP contribution is -2.40. The number of carbonyl (C=O) groups is 1. The third kappa shape index (κ3) is 17.6. The van der Waals surface area contributed by atoms with Crippen molar-refractivity contribution in [3.05, 3.63) is 48.6 Å². The molecule has 0 saturated carbocycles. The summed E-state index contributed by atoms with van der Waals surface area (Å²) in [7, 11) is 0. The van der Waals surface area contributed by atoms with E-state index in [-0.39, 0.29) is 38.6 Å². The Morgan fingerprint density at radius 3 is 2.11 bits per heavy atom. The van der Waals surface area contributed by atoms with E-state index >= 15 is 0 Å². The summed E-state index contributed by atoms with van der Waals surface area (Å²) in [4.78, 5) is 12.0. The van der Waals surface area contributed by atoms with Crippen molar-refractivity contribution in [2.45, 2.75) is 109 Å². The topological polar surface area (TPSA) is 105 Å². The fraction of sp³-hybridized carbons (Fsp3) is 0.690. The Balaban J connectivity index is 2.06. The molecule has 0 aromatic carbocycles. The van der Waals surface area contributed by atoms with Crippen LogP contribution in [-0.2, 0) is 19.0 Å². The molecule has 0 aromatic rings. The SMILES string of the molecule is CCCCC/C=C\C/C=C\C/C=C\C/C=C\CCCC(=O)OC(CO)CO[C@H]1C[C@@H](O)C[C@@H](CO)O1. The highest BCUT2D eigenvalue weighted by molar-refractivity contribution is 5.69. The minimum atomic E-state index is -0.788. The molecule has 1 aliphatic rings. The molecular weight excluding hydrogens is 460 g/mol. The van der Waals surface area contributed by atoms with Crippen LogP contribution in [0.15, 0.2) is 48.6 Å². The number of allylic oxidation sites excluding steroid dienone is 8. The molecule has 3 N–H and O–H groups in total. The van der Waals surface area contributed by atoms with Gasteiger partial charge in [0.15, 0.2) is 6.29 Å². The molecule has 36 heavy (non-hydrogen) atoms. The van der Waals surface area contributed by atoms with Gasteiger partial charge in [-0.05, 0) is 44.9 Å². The van der Waals surface area contributed by atoms with Crippen LogP contribution in [0.2, 0.25) is 0 Å². The molecule has 1 aliphatic heterocycles. The van der Waals surface area contributed by atoms with Gasteiger partial charge >= 0.3 is 5.97 Å². The Hall–Kier alpha value is -1.77. The van der Waals surface area contributed by atoms with Gasteiger partial charge in [-0.1, -0.05) is 68.4 Å². The Bertz CT molecular complexity index is 656. The predicted molar refractivity (Wildman–Crippen MR) is 142 cm³/mol. The standard InChI is InChI=1S/C29H48O7/c1-2-3-4-5-6-7-8-9-10-11-12-13-14-15-16-17-18-19-28(33)35-27(23-31)24-34-29-21-25(32)20-26(22-30)36-29/h6-7,9-10,12-13,15-16,25-27,29-32H,2-5,8,11,14,17-24H2,1H3/b7-6-,10-9-,13-12-,16-15-/t25-,26-,27?,29+/m0/s1. The van der Waals surface area contributed by atoms with Crippen molar-refractivity contribution in [2.75, 3.05) is 19.8 Å². The molecule has 0 aliphatic carbocycles. The van der Waals surface area contributed by atoms with E-state index in [4.69, 9.17) is 14.2 Å². The van der Waals surface area contributed by atoms with Crippen molar-refractivity contribution >= 4 is 5.97 Å². The molecule has 1 heterocycles. The zero-order chi connectivity index (χ0) is 26.3. The second-order valence-electron chi connectivity index (χ2n) is 9.10. The summed E-state index contributed by atoms with van der Waals surface area (Å²) in [6.45, 7) is 1.63. The van der Waals surface area contributed by atoms with E-state index < -0.39 is 24.6 Å². The smallest absolute Gasteiger partial charge is 0.306 e. The lowest BCUT2D eigenvalue weighted by molar-refractivity contribution is -0.232. The lowest BCUT2D eigenvalue weighted by atomic mass is 10.1. The summed E-state index contributed by atoms with van der Waals surface area (Å²) in [6.07, 6.45) is 25.0. The van der Waals surface area contributed by atoms with E-state index in [1.165, 1.54) is 25.7 Å². The normalized spacial score (nSPS) is 21.8. The number of ether oxygens (including phenoxy) is 3. The molecular formula is C29H48O7. The summed E-state index contributed by atoms with van der Waals surface area (Å²) in [5.74, 6) is -0.383. The summed E-state index contributed by atoms with van der Waals surface area (Å²) in [5.41, 5.74) is 0. The minimum Gasteiger partial charge on any atom is -0.457 e. The van der Waals surface area contributed by atoms with Gasteiger partial charge < -0.3 is 29.5 Å². The lowest BCUT2D eigenvalue weighted by Gasteiger charge is -2.32. The first-order chi connectivity index (χ1) is 17.6. The van der Waals surface area contributed by atoms with Crippen LogP contribution in [-0.4, -0.2) is 65.7 Å². The Morgan fingerprint density at radius 1 is 0.917 bits per heavy atom. The van der Waals surface area contributed by atoms with Crippen LogP contribution in [0.25, 0.3) is 0 Å². The van der Waals surface area contributed by atoms with Gasteiger partial charge in [-0.15, -0.1) is 0 Å². The van der Waals surface area contributed by atoms with Crippen molar-refractivity contribution in [3.63, 3.8) is 0 Å². The van der Waals surface area contributed by atoms with Crippen LogP contribution in [0.5, 0.6) is 0 Å². The van der Waals surface area contributed by atoms with Crippen molar-refractivity contribution in [1.29, 1.82) is 0 Å². The number of unbranched alkanes of at least 4 members (excludes halogenated alkanes) is 4. The van der Waals surface area contributed by atoms with E-state index in [2.05, 4.69) is 55.5 Å².